The summed E-state index contributed by atoms with van der Waals surface area (Å²) in [5.41, 5.74) is 0. The quantitative estimate of drug-likeness (QED) is 0.263. The maximum atomic E-state index is 5.56. The zero-order chi connectivity index (χ0) is 19.4. The third kappa shape index (κ3) is 6.27. The minimum atomic E-state index is 0.492. The summed E-state index contributed by atoms with van der Waals surface area (Å²) in [5.74, 6) is 3.62. The van der Waals surface area contributed by atoms with Crippen LogP contribution in [0.4, 0.5) is 0 Å². The van der Waals surface area contributed by atoms with Crippen molar-refractivity contribution >= 4 is 5.96 Å². The highest BCUT2D eigenvalue weighted by Gasteiger charge is 2.08. The Morgan fingerprint density at radius 2 is 2.11 bits per heavy atom. The van der Waals surface area contributed by atoms with Crippen molar-refractivity contribution in [2.45, 2.75) is 26.4 Å². The topological polar surface area (TPSA) is 114 Å². The SMILES string of the molecule is CCNC(=NCCCOCc1ccco1)NCCc1nc(-c2ccco2)n[nH]1. The van der Waals surface area contributed by atoms with Crippen molar-refractivity contribution in [3.05, 3.63) is 48.4 Å². The molecule has 0 amide bonds. The summed E-state index contributed by atoms with van der Waals surface area (Å²) in [7, 11) is 0. The molecule has 0 aliphatic carbocycles. The molecule has 0 spiro atoms. The second-order valence-electron chi connectivity index (χ2n) is 6.01. The molecule has 0 radical (unpaired) electrons. The minimum absolute atomic E-state index is 0.492. The van der Waals surface area contributed by atoms with Gasteiger partial charge in [-0.15, -0.1) is 0 Å². The Morgan fingerprint density at radius 3 is 2.89 bits per heavy atom. The summed E-state index contributed by atoms with van der Waals surface area (Å²) in [6, 6.07) is 7.40. The van der Waals surface area contributed by atoms with Gasteiger partial charge in [0.2, 0.25) is 5.82 Å². The van der Waals surface area contributed by atoms with E-state index < -0.39 is 0 Å². The summed E-state index contributed by atoms with van der Waals surface area (Å²) in [6.07, 6.45) is 4.79. The van der Waals surface area contributed by atoms with E-state index in [1.807, 2.05) is 31.2 Å². The van der Waals surface area contributed by atoms with Crippen LogP contribution in [0.2, 0.25) is 0 Å². The van der Waals surface area contributed by atoms with Crippen molar-refractivity contribution in [3.8, 4) is 11.6 Å². The molecule has 0 atom stereocenters. The first-order valence-electron chi connectivity index (χ1n) is 9.42. The van der Waals surface area contributed by atoms with Crippen molar-refractivity contribution in [1.29, 1.82) is 0 Å². The zero-order valence-corrected chi connectivity index (χ0v) is 16.0. The van der Waals surface area contributed by atoms with Crippen LogP contribution in [0.15, 0.2) is 50.6 Å². The number of hydrogen-bond acceptors (Lipinski definition) is 6. The van der Waals surface area contributed by atoms with E-state index in [2.05, 4.69) is 30.8 Å². The first-order valence-corrected chi connectivity index (χ1v) is 9.42. The van der Waals surface area contributed by atoms with Crippen LogP contribution in [0.1, 0.15) is 24.9 Å². The van der Waals surface area contributed by atoms with Gasteiger partial charge >= 0.3 is 0 Å². The molecule has 3 N–H and O–H groups in total. The molecule has 0 aliphatic heterocycles. The first-order chi connectivity index (χ1) is 13.8. The lowest BCUT2D eigenvalue weighted by Crippen LogP contribution is -2.38. The molecule has 150 valence electrons. The number of ether oxygens (including phenoxy) is 1. The van der Waals surface area contributed by atoms with Gasteiger partial charge in [0.05, 0.1) is 12.5 Å². The molecule has 0 bridgehead atoms. The van der Waals surface area contributed by atoms with Gasteiger partial charge in [0, 0.05) is 32.7 Å². The van der Waals surface area contributed by atoms with Crippen LogP contribution < -0.4 is 10.6 Å². The van der Waals surface area contributed by atoms with Gasteiger partial charge in [0.15, 0.2) is 11.7 Å². The third-order valence-electron chi connectivity index (χ3n) is 3.81. The molecule has 9 heteroatoms. The van der Waals surface area contributed by atoms with Crippen LogP contribution >= 0.6 is 0 Å². The average Bonchev–Trinajstić information content (AvgIpc) is 3.47. The lowest BCUT2D eigenvalue weighted by atomic mass is 10.4. The van der Waals surface area contributed by atoms with Gasteiger partial charge in [0.1, 0.15) is 18.2 Å². The molecule has 0 aliphatic rings. The Morgan fingerprint density at radius 1 is 1.21 bits per heavy atom. The van der Waals surface area contributed by atoms with E-state index in [1.165, 1.54) is 0 Å². The van der Waals surface area contributed by atoms with Crippen LogP contribution in [-0.2, 0) is 17.8 Å². The summed E-state index contributed by atoms with van der Waals surface area (Å²) in [6.45, 7) is 5.33. The molecule has 3 rings (SSSR count). The molecule has 0 aromatic carbocycles. The fourth-order valence-corrected chi connectivity index (χ4v) is 2.49. The second kappa shape index (κ2) is 10.9. The van der Waals surface area contributed by atoms with Crippen molar-refractivity contribution in [2.24, 2.45) is 4.99 Å². The number of rotatable bonds is 11. The molecule has 3 heterocycles. The Balaban J connectivity index is 1.34. The van der Waals surface area contributed by atoms with Gasteiger partial charge in [-0.1, -0.05) is 0 Å². The number of furan rings is 2. The Kier molecular flexibility index (Phi) is 7.68. The van der Waals surface area contributed by atoms with E-state index in [1.54, 1.807) is 12.5 Å². The minimum Gasteiger partial charge on any atom is -0.467 e. The predicted octanol–water partition coefficient (Wildman–Crippen LogP) is 2.36. The van der Waals surface area contributed by atoms with Crippen LogP contribution in [-0.4, -0.2) is 47.4 Å². The Bertz CT molecular complexity index is 811. The molecule has 0 saturated heterocycles. The zero-order valence-electron chi connectivity index (χ0n) is 16.0. The highest BCUT2D eigenvalue weighted by Crippen LogP contribution is 2.14. The van der Waals surface area contributed by atoms with Gasteiger partial charge in [-0.2, -0.15) is 5.10 Å². The summed E-state index contributed by atoms with van der Waals surface area (Å²) >= 11 is 0. The van der Waals surface area contributed by atoms with E-state index in [9.17, 15) is 0 Å². The lowest BCUT2D eigenvalue weighted by molar-refractivity contribution is 0.105. The second-order valence-corrected chi connectivity index (χ2v) is 6.01. The normalized spacial score (nSPS) is 11.7. The maximum absolute atomic E-state index is 5.56. The molecule has 9 nitrogen and oxygen atoms in total. The smallest absolute Gasteiger partial charge is 0.216 e. The van der Waals surface area contributed by atoms with Crippen molar-refractivity contribution in [3.63, 3.8) is 0 Å². The van der Waals surface area contributed by atoms with E-state index in [4.69, 9.17) is 13.6 Å². The van der Waals surface area contributed by atoms with Gasteiger partial charge in [0.25, 0.3) is 0 Å². The van der Waals surface area contributed by atoms with Crippen LogP contribution in [0.5, 0.6) is 0 Å². The Labute approximate surface area is 163 Å². The average molecular weight is 386 g/mol. The van der Waals surface area contributed by atoms with Crippen LogP contribution in [0, 0.1) is 0 Å². The number of aromatic amines is 1. The highest BCUT2D eigenvalue weighted by atomic mass is 16.5. The third-order valence-corrected chi connectivity index (χ3v) is 3.81. The van der Waals surface area contributed by atoms with Gasteiger partial charge in [-0.3, -0.25) is 10.1 Å². The molecule has 0 fully saturated rings. The summed E-state index contributed by atoms with van der Waals surface area (Å²) in [5, 5.41) is 13.6. The van der Waals surface area contributed by atoms with Crippen molar-refractivity contribution in [2.75, 3.05) is 26.2 Å². The number of nitrogens with one attached hydrogen (secondary N) is 3. The van der Waals surface area contributed by atoms with E-state index in [-0.39, 0.29) is 0 Å². The monoisotopic (exact) mass is 386 g/mol. The fraction of sp³-hybridized carbons (Fsp3) is 0.421. The van der Waals surface area contributed by atoms with Gasteiger partial charge < -0.3 is 24.2 Å². The van der Waals surface area contributed by atoms with E-state index in [0.29, 0.717) is 44.3 Å². The molecule has 0 unspecified atom stereocenters. The van der Waals surface area contributed by atoms with Crippen LogP contribution in [0.3, 0.4) is 0 Å². The predicted molar refractivity (Wildman–Crippen MR) is 105 cm³/mol. The fourth-order valence-electron chi connectivity index (χ4n) is 2.49. The van der Waals surface area contributed by atoms with Crippen molar-refractivity contribution < 1.29 is 13.6 Å². The molecule has 3 aromatic heterocycles. The molecular formula is C19H26N6O3. The standard InChI is InChI=1S/C19H26N6O3/c1-2-20-19(21-9-5-11-26-14-15-6-3-12-27-15)22-10-8-17-23-18(25-24-17)16-7-4-13-28-16/h3-4,6-7,12-13H,2,5,8-11,14H2,1H3,(H2,20,21,22)(H,23,24,25). The summed E-state index contributed by atoms with van der Waals surface area (Å²) in [4.78, 5) is 8.98. The largest absolute Gasteiger partial charge is 0.467 e. The molecular weight excluding hydrogens is 360 g/mol. The number of aliphatic imine (C=N–C) groups is 1. The Hall–Kier alpha value is -3.07. The number of H-pyrrole nitrogens is 1. The van der Waals surface area contributed by atoms with Crippen LogP contribution in [0.25, 0.3) is 11.6 Å². The highest BCUT2D eigenvalue weighted by molar-refractivity contribution is 5.79. The molecule has 3 aromatic rings. The molecule has 0 saturated carbocycles. The lowest BCUT2D eigenvalue weighted by Gasteiger charge is -2.10. The van der Waals surface area contributed by atoms with E-state index >= 15 is 0 Å². The van der Waals surface area contributed by atoms with Crippen molar-refractivity contribution in [1.82, 2.24) is 25.8 Å². The number of guanidine groups is 1. The maximum Gasteiger partial charge on any atom is 0.216 e. The number of hydrogen-bond donors (Lipinski definition) is 3. The van der Waals surface area contributed by atoms with Gasteiger partial charge in [-0.25, -0.2) is 4.98 Å². The van der Waals surface area contributed by atoms with Gasteiger partial charge in [-0.05, 0) is 37.6 Å². The number of nitrogens with zero attached hydrogens (tertiary/aromatic N) is 3. The first kappa shape index (κ1) is 19.7. The number of aromatic nitrogens is 3. The molecule has 28 heavy (non-hydrogen) atoms. The summed E-state index contributed by atoms with van der Waals surface area (Å²) < 4.78 is 16.1. The van der Waals surface area contributed by atoms with E-state index in [0.717, 1.165) is 30.5 Å².